The molecule has 0 spiro atoms. The third-order valence-electron chi connectivity index (χ3n) is 3.80. The molecule has 0 bridgehead atoms. The minimum atomic E-state index is -6.02. The molecule has 4 nitrogen and oxygen atoms in total. The summed E-state index contributed by atoms with van der Waals surface area (Å²) in [6, 6.07) is 5.94. The number of ether oxygens (including phenoxy) is 1. The highest BCUT2D eigenvalue weighted by atomic mass is 19.4. The number of aliphatic hydroxyl groups is 1. The fourth-order valence-electron chi connectivity index (χ4n) is 2.34. The summed E-state index contributed by atoms with van der Waals surface area (Å²) < 4.78 is 83.1. The van der Waals surface area contributed by atoms with Gasteiger partial charge in [0.15, 0.2) is 0 Å². The first kappa shape index (κ1) is 19.1. The molecule has 1 atom stereocenters. The van der Waals surface area contributed by atoms with Crippen LogP contribution >= 0.6 is 0 Å². The lowest BCUT2D eigenvalue weighted by Gasteiger charge is -2.44. The maximum absolute atomic E-state index is 13.0. The van der Waals surface area contributed by atoms with E-state index in [2.05, 4.69) is 0 Å². The largest absolute Gasteiger partial charge is 0.458 e. The molecule has 0 saturated carbocycles. The van der Waals surface area contributed by atoms with Crippen LogP contribution in [0.3, 0.4) is 0 Å². The molecule has 1 aromatic rings. The predicted molar refractivity (Wildman–Crippen MR) is 77.3 cm³/mol. The van der Waals surface area contributed by atoms with E-state index >= 15 is 0 Å². The Labute approximate surface area is 138 Å². The highest BCUT2D eigenvalue weighted by molar-refractivity contribution is 5.43. The number of allylic oxidation sites excluding steroid dienone is 1. The highest BCUT2D eigenvalue weighted by Gasteiger charge is 2.77. The number of nitrogen functional groups attached to an aromatic ring is 1. The molecular formula is C15H14F6N2O2. The zero-order valence-electron chi connectivity index (χ0n) is 12.5. The lowest BCUT2D eigenvalue weighted by Crippen LogP contribution is -2.73. The molecule has 0 aliphatic heterocycles. The first-order valence-electron chi connectivity index (χ1n) is 6.88. The van der Waals surface area contributed by atoms with Crippen molar-refractivity contribution in [3.8, 4) is 5.75 Å². The maximum Gasteiger partial charge on any atom is 0.428 e. The summed E-state index contributed by atoms with van der Waals surface area (Å²) in [4.78, 5) is 0. The van der Waals surface area contributed by atoms with Crippen LogP contribution < -0.4 is 16.2 Å². The Morgan fingerprint density at radius 1 is 1.00 bits per heavy atom. The molecule has 1 aliphatic rings. The normalized spacial score (nSPS) is 21.8. The van der Waals surface area contributed by atoms with Crippen LogP contribution in [0.5, 0.6) is 5.75 Å². The van der Waals surface area contributed by atoms with Crippen LogP contribution in [0.2, 0.25) is 0 Å². The van der Waals surface area contributed by atoms with E-state index in [0.717, 1.165) is 12.2 Å². The van der Waals surface area contributed by atoms with Crippen molar-refractivity contribution in [2.75, 3.05) is 5.73 Å². The Kier molecular flexibility index (Phi) is 4.56. The van der Waals surface area contributed by atoms with Crippen LogP contribution in [-0.2, 0) is 0 Å². The number of rotatable bonds is 3. The Balaban J connectivity index is 2.27. The van der Waals surface area contributed by atoms with Crippen molar-refractivity contribution >= 4 is 5.69 Å². The van der Waals surface area contributed by atoms with Gasteiger partial charge in [-0.05, 0) is 42.8 Å². The van der Waals surface area contributed by atoms with Gasteiger partial charge in [0.25, 0.3) is 5.60 Å². The Hall–Kier alpha value is -2.20. The Morgan fingerprint density at radius 3 is 1.92 bits per heavy atom. The molecule has 0 amide bonds. The monoisotopic (exact) mass is 368 g/mol. The number of hydrogen-bond donors (Lipinski definition) is 3. The zero-order chi connectivity index (χ0) is 19.1. The number of benzene rings is 1. The molecule has 0 heterocycles. The van der Waals surface area contributed by atoms with Gasteiger partial charge in [-0.15, -0.1) is 0 Å². The fraction of sp³-hybridized carbons (Fsp3) is 0.333. The molecule has 0 aromatic heterocycles. The minimum Gasteiger partial charge on any atom is -0.458 e. The summed E-state index contributed by atoms with van der Waals surface area (Å²) in [7, 11) is 0. The van der Waals surface area contributed by atoms with Gasteiger partial charge >= 0.3 is 12.4 Å². The van der Waals surface area contributed by atoms with E-state index in [-0.39, 0.29) is 11.5 Å². The summed E-state index contributed by atoms with van der Waals surface area (Å²) in [5.74, 6) is 0.258. The number of hydrogen-bond acceptors (Lipinski definition) is 4. The van der Waals surface area contributed by atoms with Crippen molar-refractivity contribution in [1.82, 2.24) is 0 Å². The SMILES string of the molecule is Nc1ccc(OC2=CCC(N)(C(O)(C(F)(F)F)C(F)(F)F)C=C2)cc1. The summed E-state index contributed by atoms with van der Waals surface area (Å²) in [5, 5.41) is 9.46. The molecule has 0 fully saturated rings. The van der Waals surface area contributed by atoms with E-state index in [1.807, 2.05) is 0 Å². The lowest BCUT2D eigenvalue weighted by molar-refractivity contribution is -0.383. The van der Waals surface area contributed by atoms with Gasteiger partial charge in [-0.1, -0.05) is 6.08 Å². The van der Waals surface area contributed by atoms with Crippen molar-refractivity contribution in [3.63, 3.8) is 0 Å². The smallest absolute Gasteiger partial charge is 0.428 e. The summed E-state index contributed by atoms with van der Waals surface area (Å²) in [5.41, 5.74) is 2.99. The van der Waals surface area contributed by atoms with Gasteiger partial charge in [-0.2, -0.15) is 26.3 Å². The van der Waals surface area contributed by atoms with Crippen molar-refractivity contribution in [2.45, 2.75) is 29.9 Å². The van der Waals surface area contributed by atoms with E-state index < -0.39 is 29.9 Å². The molecule has 5 N–H and O–H groups in total. The fourth-order valence-corrected chi connectivity index (χ4v) is 2.34. The third kappa shape index (κ3) is 3.31. The standard InChI is InChI=1S/C15H14F6N2O2/c16-14(17,18)13(24,15(19,20)21)12(23)7-5-11(6-8-12)25-10-3-1-9(22)2-4-10/h1-7,24H,8,22-23H2. The van der Waals surface area contributed by atoms with E-state index in [1.165, 1.54) is 24.3 Å². The van der Waals surface area contributed by atoms with Crippen molar-refractivity contribution in [2.24, 2.45) is 5.73 Å². The van der Waals surface area contributed by atoms with E-state index in [4.69, 9.17) is 16.2 Å². The predicted octanol–water partition coefficient (Wildman–Crippen LogP) is 3.04. The van der Waals surface area contributed by atoms with Gasteiger partial charge in [-0.3, -0.25) is 0 Å². The number of halogens is 6. The summed E-state index contributed by atoms with van der Waals surface area (Å²) >= 11 is 0. The Morgan fingerprint density at radius 2 is 1.52 bits per heavy atom. The van der Waals surface area contributed by atoms with Gasteiger partial charge in [0.1, 0.15) is 11.5 Å². The molecule has 25 heavy (non-hydrogen) atoms. The second-order valence-corrected chi connectivity index (χ2v) is 5.56. The summed E-state index contributed by atoms with van der Waals surface area (Å²) in [6.07, 6.45) is -10.7. The van der Waals surface area contributed by atoms with Crippen LogP contribution in [0.1, 0.15) is 6.42 Å². The lowest BCUT2D eigenvalue weighted by atomic mass is 9.74. The molecule has 1 aliphatic carbocycles. The topological polar surface area (TPSA) is 81.5 Å². The third-order valence-corrected chi connectivity index (χ3v) is 3.80. The average molecular weight is 368 g/mol. The molecular weight excluding hydrogens is 354 g/mol. The first-order chi connectivity index (χ1) is 11.3. The average Bonchev–Trinajstić information content (AvgIpc) is 2.49. The van der Waals surface area contributed by atoms with Gasteiger partial charge in [-0.25, -0.2) is 0 Å². The minimum absolute atomic E-state index is 0.0162. The van der Waals surface area contributed by atoms with Gasteiger partial charge < -0.3 is 21.3 Å². The van der Waals surface area contributed by atoms with Gasteiger partial charge in [0, 0.05) is 5.69 Å². The second-order valence-electron chi connectivity index (χ2n) is 5.56. The molecule has 0 saturated heterocycles. The van der Waals surface area contributed by atoms with Crippen LogP contribution in [0, 0.1) is 0 Å². The van der Waals surface area contributed by atoms with Crippen LogP contribution in [-0.4, -0.2) is 28.6 Å². The highest BCUT2D eigenvalue weighted by Crippen LogP contribution is 2.51. The molecule has 2 rings (SSSR count). The zero-order valence-corrected chi connectivity index (χ0v) is 12.5. The number of nitrogens with two attached hydrogens (primary N) is 2. The molecule has 1 aromatic carbocycles. The van der Waals surface area contributed by atoms with Crippen molar-refractivity contribution < 1.29 is 36.2 Å². The van der Waals surface area contributed by atoms with Gasteiger partial charge in [0.2, 0.25) is 0 Å². The quantitative estimate of drug-likeness (QED) is 0.566. The number of anilines is 1. The molecule has 0 radical (unpaired) electrons. The van der Waals surface area contributed by atoms with Crippen molar-refractivity contribution in [1.29, 1.82) is 0 Å². The second kappa shape index (κ2) is 5.95. The van der Waals surface area contributed by atoms with E-state index in [0.29, 0.717) is 11.8 Å². The van der Waals surface area contributed by atoms with E-state index in [9.17, 15) is 31.4 Å². The first-order valence-corrected chi connectivity index (χ1v) is 6.88. The van der Waals surface area contributed by atoms with Crippen LogP contribution in [0.4, 0.5) is 32.0 Å². The molecule has 10 heteroatoms. The van der Waals surface area contributed by atoms with Crippen molar-refractivity contribution in [3.05, 3.63) is 48.3 Å². The molecule has 1 unspecified atom stereocenters. The Bertz CT molecular complexity index is 679. The van der Waals surface area contributed by atoms with Crippen LogP contribution in [0.15, 0.2) is 48.3 Å². The number of alkyl halides is 6. The van der Waals surface area contributed by atoms with Crippen LogP contribution in [0.25, 0.3) is 0 Å². The maximum atomic E-state index is 13.0. The van der Waals surface area contributed by atoms with E-state index in [1.54, 1.807) is 0 Å². The van der Waals surface area contributed by atoms with Gasteiger partial charge in [0.05, 0.1) is 5.54 Å². The molecule has 138 valence electrons. The summed E-state index contributed by atoms with van der Waals surface area (Å²) in [6.45, 7) is 0.